The van der Waals surface area contributed by atoms with E-state index >= 15 is 0 Å². The minimum atomic E-state index is 0.380. The van der Waals surface area contributed by atoms with E-state index in [1.54, 1.807) is 11.7 Å². The Morgan fingerprint density at radius 3 is 2.83 bits per heavy atom. The van der Waals surface area contributed by atoms with E-state index in [1.165, 1.54) is 11.3 Å². The molecule has 1 aromatic carbocycles. The summed E-state index contributed by atoms with van der Waals surface area (Å²) in [5.41, 5.74) is 9.41. The molecule has 6 heteroatoms. The topological polar surface area (TPSA) is 64.9 Å². The quantitative estimate of drug-likeness (QED) is 0.779. The first-order valence-electron chi connectivity index (χ1n) is 5.16. The lowest BCUT2D eigenvalue weighted by Gasteiger charge is -2.03. The highest BCUT2D eigenvalue weighted by atomic mass is 79.9. The van der Waals surface area contributed by atoms with E-state index < -0.39 is 0 Å². The van der Waals surface area contributed by atoms with Gasteiger partial charge in [-0.25, -0.2) is 0 Å². The molecule has 18 heavy (non-hydrogen) atoms. The highest BCUT2D eigenvalue weighted by Crippen LogP contribution is 2.40. The van der Waals surface area contributed by atoms with Crippen LogP contribution in [0.15, 0.2) is 45.0 Å². The zero-order valence-electron chi connectivity index (χ0n) is 9.13. The fourth-order valence-electron chi connectivity index (χ4n) is 1.72. The number of hydrogen-bond donors (Lipinski definition) is 1. The number of aromatic nitrogens is 2. The lowest BCUT2D eigenvalue weighted by atomic mass is 10.1. The standard InChI is InChI=1S/C12H8BrN3OS/c13-8-4-2-1-3-7(8)10-11(17-16-12(10)14)9-5-15-6-18-9/h1-6H,(H2,14,16). The van der Waals surface area contributed by atoms with Crippen LogP contribution in [0.25, 0.3) is 21.8 Å². The Morgan fingerprint density at radius 2 is 2.11 bits per heavy atom. The molecule has 0 amide bonds. The number of benzene rings is 1. The highest BCUT2D eigenvalue weighted by Gasteiger charge is 2.20. The van der Waals surface area contributed by atoms with Crippen molar-refractivity contribution in [2.75, 3.05) is 5.73 Å². The molecule has 4 nitrogen and oxygen atoms in total. The summed E-state index contributed by atoms with van der Waals surface area (Å²) in [6.45, 7) is 0. The summed E-state index contributed by atoms with van der Waals surface area (Å²) in [6.07, 6.45) is 1.74. The van der Waals surface area contributed by atoms with Crippen LogP contribution in [0.3, 0.4) is 0 Å². The van der Waals surface area contributed by atoms with Gasteiger partial charge in [-0.3, -0.25) is 4.98 Å². The van der Waals surface area contributed by atoms with Gasteiger partial charge >= 0.3 is 0 Å². The summed E-state index contributed by atoms with van der Waals surface area (Å²) < 4.78 is 6.27. The fourth-order valence-corrected chi connectivity index (χ4v) is 2.81. The van der Waals surface area contributed by atoms with Crippen molar-refractivity contribution >= 4 is 33.1 Å². The second-order valence-corrected chi connectivity index (χ2v) is 5.36. The van der Waals surface area contributed by atoms with Crippen LogP contribution in [0.2, 0.25) is 0 Å². The van der Waals surface area contributed by atoms with E-state index in [0.717, 1.165) is 20.5 Å². The van der Waals surface area contributed by atoms with Gasteiger partial charge in [0.2, 0.25) is 0 Å². The van der Waals surface area contributed by atoms with Crippen molar-refractivity contribution in [2.24, 2.45) is 0 Å². The lowest BCUT2D eigenvalue weighted by molar-refractivity contribution is 0.437. The Bertz CT molecular complexity index is 678. The largest absolute Gasteiger partial charge is 0.380 e. The minimum Gasteiger partial charge on any atom is -0.380 e. The Balaban J connectivity index is 2.24. The maximum atomic E-state index is 5.91. The molecule has 2 N–H and O–H groups in total. The smallest absolute Gasteiger partial charge is 0.188 e. The maximum Gasteiger partial charge on any atom is 0.188 e. The summed E-state index contributed by atoms with van der Waals surface area (Å²) in [7, 11) is 0. The number of anilines is 1. The van der Waals surface area contributed by atoms with Crippen LogP contribution in [0, 0.1) is 0 Å². The highest BCUT2D eigenvalue weighted by molar-refractivity contribution is 9.10. The van der Waals surface area contributed by atoms with Gasteiger partial charge in [0.05, 0.1) is 16.0 Å². The van der Waals surface area contributed by atoms with Crippen LogP contribution in [-0.4, -0.2) is 10.1 Å². The Labute approximate surface area is 116 Å². The third kappa shape index (κ3) is 1.83. The molecule has 0 bridgehead atoms. The molecule has 90 valence electrons. The third-order valence-electron chi connectivity index (χ3n) is 2.52. The molecule has 2 aromatic heterocycles. The second kappa shape index (κ2) is 4.55. The number of nitrogens with two attached hydrogens (primary N) is 1. The average Bonchev–Trinajstić information content (AvgIpc) is 2.99. The van der Waals surface area contributed by atoms with Gasteiger partial charge in [-0.2, -0.15) is 0 Å². The van der Waals surface area contributed by atoms with E-state index in [0.29, 0.717) is 11.6 Å². The Morgan fingerprint density at radius 1 is 1.28 bits per heavy atom. The van der Waals surface area contributed by atoms with Crippen molar-refractivity contribution in [3.63, 3.8) is 0 Å². The average molecular weight is 322 g/mol. The summed E-state index contributed by atoms with van der Waals surface area (Å²) in [6, 6.07) is 7.82. The minimum absolute atomic E-state index is 0.380. The molecule has 2 heterocycles. The van der Waals surface area contributed by atoms with Crippen LogP contribution in [0.5, 0.6) is 0 Å². The molecule has 0 spiro atoms. The number of nitrogens with zero attached hydrogens (tertiary/aromatic N) is 2. The molecule has 0 atom stereocenters. The first-order valence-corrected chi connectivity index (χ1v) is 6.83. The third-order valence-corrected chi connectivity index (χ3v) is 3.98. The van der Waals surface area contributed by atoms with Crippen LogP contribution < -0.4 is 5.73 Å². The number of nitrogen functional groups attached to an aromatic ring is 1. The molecule has 0 aliphatic rings. The van der Waals surface area contributed by atoms with Gasteiger partial charge in [-0.05, 0) is 6.07 Å². The first-order chi connectivity index (χ1) is 8.77. The SMILES string of the molecule is Nc1noc(-c2cncs2)c1-c1ccccc1Br. The predicted octanol–water partition coefficient (Wildman–Crippen LogP) is 3.81. The van der Waals surface area contributed by atoms with Crippen molar-refractivity contribution < 1.29 is 4.52 Å². The number of halogens is 1. The number of thiazole rings is 1. The fraction of sp³-hybridized carbons (Fsp3) is 0. The summed E-state index contributed by atoms with van der Waals surface area (Å²) in [4.78, 5) is 4.95. The Hall–Kier alpha value is -1.66. The van der Waals surface area contributed by atoms with Crippen molar-refractivity contribution in [2.45, 2.75) is 0 Å². The van der Waals surface area contributed by atoms with Gasteiger partial charge in [0, 0.05) is 16.2 Å². The molecular weight excluding hydrogens is 314 g/mol. The van der Waals surface area contributed by atoms with Crippen LogP contribution in [0.4, 0.5) is 5.82 Å². The van der Waals surface area contributed by atoms with Gasteiger partial charge in [0.15, 0.2) is 11.6 Å². The van der Waals surface area contributed by atoms with E-state index in [9.17, 15) is 0 Å². The summed E-state index contributed by atoms with van der Waals surface area (Å²) >= 11 is 5.00. The van der Waals surface area contributed by atoms with Crippen LogP contribution in [0.1, 0.15) is 0 Å². The first kappa shape index (κ1) is 11.4. The maximum absolute atomic E-state index is 5.91. The molecule has 0 unspecified atom stereocenters. The van der Waals surface area contributed by atoms with E-state index in [2.05, 4.69) is 26.1 Å². The van der Waals surface area contributed by atoms with Gasteiger partial charge in [0.25, 0.3) is 0 Å². The molecule has 0 aliphatic carbocycles. The zero-order chi connectivity index (χ0) is 12.5. The molecule has 3 rings (SSSR count). The van der Waals surface area contributed by atoms with E-state index in [-0.39, 0.29) is 0 Å². The van der Waals surface area contributed by atoms with Crippen molar-refractivity contribution in [1.82, 2.24) is 10.1 Å². The van der Waals surface area contributed by atoms with Gasteiger partial charge in [0.1, 0.15) is 0 Å². The van der Waals surface area contributed by atoms with Crippen LogP contribution in [-0.2, 0) is 0 Å². The normalized spacial score (nSPS) is 10.7. The van der Waals surface area contributed by atoms with Crippen LogP contribution >= 0.6 is 27.3 Å². The van der Waals surface area contributed by atoms with Crippen molar-refractivity contribution in [3.05, 3.63) is 40.4 Å². The lowest BCUT2D eigenvalue weighted by Crippen LogP contribution is -1.89. The molecule has 3 aromatic rings. The number of hydrogen-bond acceptors (Lipinski definition) is 5. The monoisotopic (exact) mass is 321 g/mol. The van der Waals surface area contributed by atoms with Crippen molar-refractivity contribution in [3.8, 4) is 21.8 Å². The van der Waals surface area contributed by atoms with E-state index in [4.69, 9.17) is 10.3 Å². The summed E-state index contributed by atoms with van der Waals surface area (Å²) in [5.74, 6) is 1.03. The number of rotatable bonds is 2. The predicted molar refractivity (Wildman–Crippen MR) is 75.2 cm³/mol. The van der Waals surface area contributed by atoms with Gasteiger partial charge in [-0.15, -0.1) is 11.3 Å². The van der Waals surface area contributed by atoms with E-state index in [1.807, 2.05) is 24.3 Å². The molecule has 0 saturated carbocycles. The molecule has 0 aliphatic heterocycles. The molecule has 0 fully saturated rings. The van der Waals surface area contributed by atoms with Gasteiger partial charge in [-0.1, -0.05) is 39.3 Å². The molecule has 0 saturated heterocycles. The molecule has 0 radical (unpaired) electrons. The van der Waals surface area contributed by atoms with Crippen molar-refractivity contribution in [1.29, 1.82) is 0 Å². The Kier molecular flexibility index (Phi) is 2.89. The molecular formula is C12H8BrN3OS. The zero-order valence-corrected chi connectivity index (χ0v) is 11.5. The summed E-state index contributed by atoms with van der Waals surface area (Å²) in [5, 5.41) is 3.85. The van der Waals surface area contributed by atoms with Gasteiger partial charge < -0.3 is 10.3 Å². The second-order valence-electron chi connectivity index (χ2n) is 3.62.